The lowest BCUT2D eigenvalue weighted by molar-refractivity contribution is -0.117. The van der Waals surface area contributed by atoms with Gasteiger partial charge in [-0.15, -0.1) is 5.10 Å². The molecule has 10 nitrogen and oxygen atoms in total. The van der Waals surface area contributed by atoms with Crippen LogP contribution in [0.2, 0.25) is 0 Å². The highest BCUT2D eigenvalue weighted by Crippen LogP contribution is 2.32. The molecule has 0 bridgehead atoms. The van der Waals surface area contributed by atoms with Gasteiger partial charge in [0.2, 0.25) is 5.91 Å². The van der Waals surface area contributed by atoms with Crippen molar-refractivity contribution in [1.29, 1.82) is 0 Å². The molecule has 4 rings (SSSR count). The van der Waals surface area contributed by atoms with Gasteiger partial charge in [0, 0.05) is 11.8 Å². The Hall–Kier alpha value is -4.08. The molecule has 32 heavy (non-hydrogen) atoms. The van der Waals surface area contributed by atoms with Crippen LogP contribution in [0.3, 0.4) is 0 Å². The van der Waals surface area contributed by atoms with Crippen molar-refractivity contribution in [2.24, 2.45) is 0 Å². The Labute approximate surface area is 184 Å². The first-order chi connectivity index (χ1) is 15.5. The molecular formula is C22H23N5O5. The number of para-hydroxylation sites is 2. The number of hydrogen-bond donors (Lipinski definition) is 2. The lowest BCUT2D eigenvalue weighted by atomic mass is 10.2. The summed E-state index contributed by atoms with van der Waals surface area (Å²) < 4.78 is 17.9. The van der Waals surface area contributed by atoms with Gasteiger partial charge in [-0.25, -0.2) is 4.68 Å². The highest BCUT2D eigenvalue weighted by Gasteiger charge is 2.20. The molecular weight excluding hydrogens is 414 g/mol. The number of amides is 2. The summed E-state index contributed by atoms with van der Waals surface area (Å²) in [4.78, 5) is 25.2. The molecule has 0 fully saturated rings. The molecule has 0 saturated heterocycles. The predicted octanol–water partition coefficient (Wildman–Crippen LogP) is 2.65. The van der Waals surface area contributed by atoms with E-state index in [4.69, 9.17) is 14.2 Å². The quantitative estimate of drug-likeness (QED) is 0.584. The van der Waals surface area contributed by atoms with Crippen LogP contribution in [0.15, 0.2) is 42.5 Å². The van der Waals surface area contributed by atoms with Gasteiger partial charge in [-0.3, -0.25) is 9.59 Å². The van der Waals surface area contributed by atoms with Gasteiger partial charge in [0.1, 0.15) is 25.5 Å². The summed E-state index contributed by atoms with van der Waals surface area (Å²) in [6, 6.07) is 12.3. The number of nitrogens with one attached hydrogen (secondary N) is 2. The molecule has 3 aromatic rings. The second kappa shape index (κ2) is 9.38. The number of rotatable bonds is 7. The molecule has 1 aromatic heterocycles. The topological polar surface area (TPSA) is 117 Å². The summed E-state index contributed by atoms with van der Waals surface area (Å²) in [5.41, 5.74) is 1.70. The van der Waals surface area contributed by atoms with Gasteiger partial charge in [0.15, 0.2) is 17.2 Å². The van der Waals surface area contributed by atoms with Crippen LogP contribution in [0, 0.1) is 6.92 Å². The van der Waals surface area contributed by atoms with Crippen molar-refractivity contribution in [1.82, 2.24) is 15.0 Å². The average molecular weight is 437 g/mol. The first-order valence-electron chi connectivity index (χ1n) is 10.2. The smallest absolute Gasteiger partial charge is 0.278 e. The molecule has 2 aromatic carbocycles. The minimum Gasteiger partial charge on any atom is -0.492 e. The van der Waals surface area contributed by atoms with E-state index < -0.39 is 5.91 Å². The first-order valence-corrected chi connectivity index (χ1v) is 10.2. The third-order valence-electron chi connectivity index (χ3n) is 4.75. The van der Waals surface area contributed by atoms with Crippen molar-refractivity contribution in [3.05, 3.63) is 53.9 Å². The van der Waals surface area contributed by atoms with Gasteiger partial charge >= 0.3 is 0 Å². The van der Waals surface area contributed by atoms with Gasteiger partial charge < -0.3 is 24.8 Å². The Morgan fingerprint density at radius 1 is 1.09 bits per heavy atom. The number of carbonyl (C=O) groups is 2. The predicted molar refractivity (Wildman–Crippen MR) is 116 cm³/mol. The van der Waals surface area contributed by atoms with Crippen LogP contribution < -0.4 is 24.8 Å². The van der Waals surface area contributed by atoms with Crippen LogP contribution in [0.25, 0.3) is 0 Å². The van der Waals surface area contributed by atoms with E-state index in [1.165, 1.54) is 4.68 Å². The molecule has 1 aliphatic rings. The number of benzene rings is 2. The number of fused-ring (bicyclic) bond motifs is 1. The molecule has 1 aliphatic heterocycles. The molecule has 0 saturated carbocycles. The average Bonchev–Trinajstić information content (AvgIpc) is 3.15. The van der Waals surface area contributed by atoms with Gasteiger partial charge in [0.05, 0.1) is 18.0 Å². The van der Waals surface area contributed by atoms with Crippen molar-refractivity contribution in [2.45, 2.75) is 20.4 Å². The molecule has 0 spiro atoms. The molecule has 0 radical (unpaired) electrons. The van der Waals surface area contributed by atoms with Crippen LogP contribution in [0.5, 0.6) is 17.2 Å². The highest BCUT2D eigenvalue weighted by molar-refractivity contribution is 6.04. The molecule has 2 N–H and O–H groups in total. The van der Waals surface area contributed by atoms with Crippen molar-refractivity contribution >= 4 is 23.2 Å². The van der Waals surface area contributed by atoms with E-state index in [1.54, 1.807) is 43.3 Å². The van der Waals surface area contributed by atoms with Crippen LogP contribution in [0.1, 0.15) is 23.1 Å². The standard InChI is InChI=1S/C22H23N5O5/c1-3-30-17-7-5-4-6-16(17)24-22(29)21-14(2)27(26-25-21)13-20(28)23-15-8-9-18-19(12-15)32-11-10-31-18/h4-9,12H,3,10-11,13H2,1-2H3,(H,23,28)(H,24,29). The molecule has 2 amide bonds. The SMILES string of the molecule is CCOc1ccccc1NC(=O)c1nnn(CC(=O)Nc2ccc3c(c2)OCCO3)c1C. The summed E-state index contributed by atoms with van der Waals surface area (Å²) in [5, 5.41) is 13.5. The van der Waals surface area contributed by atoms with Gasteiger partial charge in [-0.1, -0.05) is 17.3 Å². The maximum Gasteiger partial charge on any atom is 0.278 e. The summed E-state index contributed by atoms with van der Waals surface area (Å²) in [6.45, 7) is 4.88. The molecule has 166 valence electrons. The van der Waals surface area contributed by atoms with Crippen LogP contribution in [-0.4, -0.2) is 46.6 Å². The van der Waals surface area contributed by atoms with Gasteiger partial charge in [0.25, 0.3) is 5.91 Å². The van der Waals surface area contributed by atoms with E-state index in [9.17, 15) is 9.59 Å². The minimum absolute atomic E-state index is 0.101. The summed E-state index contributed by atoms with van der Waals surface area (Å²) in [7, 11) is 0. The van der Waals surface area contributed by atoms with Crippen molar-refractivity contribution < 1.29 is 23.8 Å². The molecule has 2 heterocycles. The second-order valence-electron chi connectivity index (χ2n) is 6.97. The number of anilines is 2. The summed E-state index contributed by atoms with van der Waals surface area (Å²) in [6.07, 6.45) is 0. The Morgan fingerprint density at radius 3 is 2.69 bits per heavy atom. The Balaban J connectivity index is 1.41. The number of carbonyl (C=O) groups excluding carboxylic acids is 2. The zero-order chi connectivity index (χ0) is 22.5. The monoisotopic (exact) mass is 437 g/mol. The highest BCUT2D eigenvalue weighted by atomic mass is 16.6. The Bertz CT molecular complexity index is 1140. The molecule has 0 atom stereocenters. The fraction of sp³-hybridized carbons (Fsp3) is 0.273. The van der Waals surface area contributed by atoms with E-state index in [-0.39, 0.29) is 18.1 Å². The van der Waals surface area contributed by atoms with E-state index >= 15 is 0 Å². The zero-order valence-corrected chi connectivity index (χ0v) is 17.8. The largest absolute Gasteiger partial charge is 0.492 e. The lowest BCUT2D eigenvalue weighted by Gasteiger charge is -2.19. The van der Waals surface area contributed by atoms with E-state index in [1.807, 2.05) is 13.0 Å². The second-order valence-corrected chi connectivity index (χ2v) is 6.97. The summed E-state index contributed by atoms with van der Waals surface area (Å²) in [5.74, 6) is 1.03. The van der Waals surface area contributed by atoms with E-state index in [0.29, 0.717) is 54.1 Å². The van der Waals surface area contributed by atoms with Crippen molar-refractivity contribution in [3.8, 4) is 17.2 Å². The van der Waals surface area contributed by atoms with Crippen molar-refractivity contribution in [3.63, 3.8) is 0 Å². The lowest BCUT2D eigenvalue weighted by Crippen LogP contribution is -2.21. The van der Waals surface area contributed by atoms with Gasteiger partial charge in [-0.2, -0.15) is 0 Å². The fourth-order valence-electron chi connectivity index (χ4n) is 3.21. The third-order valence-corrected chi connectivity index (χ3v) is 4.75. The Kier molecular flexibility index (Phi) is 6.20. The van der Waals surface area contributed by atoms with E-state index in [0.717, 1.165) is 0 Å². The van der Waals surface area contributed by atoms with Crippen LogP contribution in [0.4, 0.5) is 11.4 Å². The maximum atomic E-state index is 12.7. The Morgan fingerprint density at radius 2 is 1.88 bits per heavy atom. The number of aromatic nitrogens is 3. The summed E-state index contributed by atoms with van der Waals surface area (Å²) >= 11 is 0. The zero-order valence-electron chi connectivity index (χ0n) is 17.8. The van der Waals surface area contributed by atoms with E-state index in [2.05, 4.69) is 20.9 Å². The normalized spacial score (nSPS) is 12.2. The first kappa shape index (κ1) is 21.2. The minimum atomic E-state index is -0.437. The van der Waals surface area contributed by atoms with Gasteiger partial charge in [-0.05, 0) is 38.1 Å². The molecule has 0 unspecified atom stereocenters. The van der Waals surface area contributed by atoms with Crippen LogP contribution in [-0.2, 0) is 11.3 Å². The maximum absolute atomic E-state index is 12.7. The third kappa shape index (κ3) is 4.64. The number of nitrogens with zero attached hydrogens (tertiary/aromatic N) is 3. The number of ether oxygens (including phenoxy) is 3. The molecule has 10 heteroatoms. The van der Waals surface area contributed by atoms with Crippen LogP contribution >= 0.6 is 0 Å². The molecule has 0 aliphatic carbocycles. The number of hydrogen-bond acceptors (Lipinski definition) is 7. The van der Waals surface area contributed by atoms with Crippen molar-refractivity contribution in [2.75, 3.05) is 30.5 Å². The fourth-order valence-corrected chi connectivity index (χ4v) is 3.21.